The van der Waals surface area contributed by atoms with Crippen LogP contribution in [0.15, 0.2) is 72.8 Å². The SMILES string of the molecule is CC(C)(C)CNC(=O)C(C)(C)C(Cc1ccccc1)c1ccc(Nc2ccc(F)cc2)c(C=N)c1. The molecule has 5 heteroatoms. The molecule has 0 saturated carbocycles. The first kappa shape index (κ1) is 26.1. The van der Waals surface area contributed by atoms with E-state index in [0.717, 1.165) is 22.5 Å². The molecule has 0 bridgehead atoms. The fraction of sp³-hybridized carbons (Fsp3) is 0.333. The molecule has 0 aliphatic rings. The molecule has 0 aliphatic carbocycles. The average molecular weight is 474 g/mol. The monoisotopic (exact) mass is 473 g/mol. The molecule has 3 aromatic carbocycles. The van der Waals surface area contributed by atoms with Crippen LogP contribution < -0.4 is 10.6 Å². The van der Waals surface area contributed by atoms with E-state index < -0.39 is 5.41 Å². The van der Waals surface area contributed by atoms with E-state index in [0.29, 0.717) is 18.5 Å². The molecule has 1 amide bonds. The van der Waals surface area contributed by atoms with Gasteiger partial charge >= 0.3 is 0 Å². The Bertz CT molecular complexity index is 1150. The number of halogens is 1. The fourth-order valence-corrected chi connectivity index (χ4v) is 4.09. The van der Waals surface area contributed by atoms with Crippen molar-refractivity contribution in [2.24, 2.45) is 10.8 Å². The third-order valence-electron chi connectivity index (χ3n) is 6.28. The molecular weight excluding hydrogens is 437 g/mol. The van der Waals surface area contributed by atoms with E-state index in [2.05, 4.69) is 43.5 Å². The Morgan fingerprint density at radius 2 is 1.63 bits per heavy atom. The quantitative estimate of drug-likeness (QED) is 0.291. The van der Waals surface area contributed by atoms with Gasteiger partial charge in [-0.25, -0.2) is 4.39 Å². The molecule has 3 N–H and O–H groups in total. The van der Waals surface area contributed by atoms with E-state index in [1.807, 2.05) is 50.2 Å². The highest BCUT2D eigenvalue weighted by atomic mass is 19.1. The summed E-state index contributed by atoms with van der Waals surface area (Å²) in [5, 5.41) is 14.4. The van der Waals surface area contributed by atoms with E-state index in [1.165, 1.54) is 18.3 Å². The van der Waals surface area contributed by atoms with Crippen LogP contribution in [0.4, 0.5) is 15.8 Å². The Labute approximate surface area is 208 Å². The van der Waals surface area contributed by atoms with Crippen molar-refractivity contribution >= 4 is 23.5 Å². The van der Waals surface area contributed by atoms with Crippen molar-refractivity contribution in [2.75, 3.05) is 11.9 Å². The highest BCUT2D eigenvalue weighted by Gasteiger charge is 2.38. The van der Waals surface area contributed by atoms with Crippen molar-refractivity contribution in [3.8, 4) is 0 Å². The van der Waals surface area contributed by atoms with Crippen molar-refractivity contribution in [1.82, 2.24) is 5.32 Å². The van der Waals surface area contributed by atoms with Gasteiger partial charge in [0.25, 0.3) is 0 Å². The molecule has 0 saturated heterocycles. The Morgan fingerprint density at radius 3 is 2.23 bits per heavy atom. The molecule has 35 heavy (non-hydrogen) atoms. The maximum atomic E-state index is 13.4. The van der Waals surface area contributed by atoms with Gasteiger partial charge in [-0.2, -0.15) is 0 Å². The second-order valence-corrected chi connectivity index (χ2v) is 10.8. The Balaban J connectivity index is 1.96. The lowest BCUT2D eigenvalue weighted by Gasteiger charge is -2.35. The summed E-state index contributed by atoms with van der Waals surface area (Å²) in [7, 11) is 0. The smallest absolute Gasteiger partial charge is 0.226 e. The standard InChI is InChI=1S/C30H36FN3O/c1-29(2,3)20-33-28(35)30(4,5)26(17-21-9-7-6-8-10-21)22-11-16-27(23(18-22)19-32)34-25-14-12-24(31)13-15-25/h6-16,18-19,26,32,34H,17,20H2,1-5H3,(H,33,35). The Hall–Kier alpha value is -3.47. The molecule has 0 fully saturated rings. The number of nitrogens with one attached hydrogen (secondary N) is 3. The lowest BCUT2D eigenvalue weighted by molar-refractivity contribution is -0.131. The van der Waals surface area contributed by atoms with Crippen LogP contribution in [0.25, 0.3) is 0 Å². The van der Waals surface area contributed by atoms with E-state index in [9.17, 15) is 9.18 Å². The summed E-state index contributed by atoms with van der Waals surface area (Å²) >= 11 is 0. The minimum absolute atomic E-state index is 0.0122. The first-order chi connectivity index (χ1) is 16.5. The number of anilines is 2. The maximum Gasteiger partial charge on any atom is 0.226 e. The van der Waals surface area contributed by atoms with Crippen LogP contribution in [0.3, 0.4) is 0 Å². The van der Waals surface area contributed by atoms with Gasteiger partial charge in [-0.1, -0.05) is 71.0 Å². The molecule has 0 aliphatic heterocycles. The lowest BCUT2D eigenvalue weighted by Crippen LogP contribution is -2.44. The normalized spacial score (nSPS) is 12.6. The topological polar surface area (TPSA) is 65.0 Å². The largest absolute Gasteiger partial charge is 0.355 e. The molecule has 0 heterocycles. The van der Waals surface area contributed by atoms with Gasteiger partial charge in [0.05, 0.1) is 5.41 Å². The molecule has 3 aromatic rings. The summed E-state index contributed by atoms with van der Waals surface area (Å²) in [6, 6.07) is 22.2. The molecule has 3 rings (SSSR count). The van der Waals surface area contributed by atoms with E-state index in [4.69, 9.17) is 5.41 Å². The lowest BCUT2D eigenvalue weighted by atomic mass is 9.71. The third kappa shape index (κ3) is 7.01. The van der Waals surface area contributed by atoms with E-state index in [-0.39, 0.29) is 23.1 Å². The summed E-state index contributed by atoms with van der Waals surface area (Å²) in [5.74, 6) is -0.393. The van der Waals surface area contributed by atoms with Crippen LogP contribution in [0.2, 0.25) is 0 Å². The molecule has 184 valence electrons. The van der Waals surface area contributed by atoms with Crippen molar-refractivity contribution in [3.63, 3.8) is 0 Å². The first-order valence-electron chi connectivity index (χ1n) is 12.0. The van der Waals surface area contributed by atoms with Crippen molar-refractivity contribution < 1.29 is 9.18 Å². The number of rotatable bonds is 9. The van der Waals surface area contributed by atoms with Gasteiger partial charge in [0.1, 0.15) is 5.82 Å². The molecule has 1 unspecified atom stereocenters. The van der Waals surface area contributed by atoms with E-state index in [1.54, 1.807) is 12.1 Å². The molecule has 0 spiro atoms. The molecule has 0 aromatic heterocycles. The van der Waals surface area contributed by atoms with Crippen LogP contribution >= 0.6 is 0 Å². The van der Waals surface area contributed by atoms with Gasteiger partial charge in [-0.15, -0.1) is 0 Å². The van der Waals surface area contributed by atoms with Crippen molar-refractivity contribution in [1.29, 1.82) is 5.41 Å². The van der Waals surface area contributed by atoms with Gasteiger partial charge in [-0.3, -0.25) is 4.79 Å². The highest BCUT2D eigenvalue weighted by molar-refractivity contribution is 5.88. The second-order valence-electron chi connectivity index (χ2n) is 10.8. The Morgan fingerprint density at radius 1 is 0.971 bits per heavy atom. The second kappa shape index (κ2) is 10.9. The van der Waals surface area contributed by atoms with Crippen LogP contribution in [0.5, 0.6) is 0 Å². The van der Waals surface area contributed by atoms with Crippen molar-refractivity contribution in [3.05, 3.63) is 95.3 Å². The van der Waals surface area contributed by atoms with Gasteiger partial charge < -0.3 is 16.0 Å². The summed E-state index contributed by atoms with van der Waals surface area (Å²) in [6.07, 6.45) is 2.00. The highest BCUT2D eigenvalue weighted by Crippen LogP contribution is 2.40. The minimum Gasteiger partial charge on any atom is -0.355 e. The molecule has 4 nitrogen and oxygen atoms in total. The average Bonchev–Trinajstić information content (AvgIpc) is 2.82. The third-order valence-corrected chi connectivity index (χ3v) is 6.28. The molecule has 0 radical (unpaired) electrons. The van der Waals surface area contributed by atoms with Gasteiger partial charge in [0.2, 0.25) is 5.91 Å². The number of carbonyl (C=O) groups excluding carboxylic acids is 1. The molecule has 1 atom stereocenters. The zero-order valence-electron chi connectivity index (χ0n) is 21.3. The number of amides is 1. The van der Waals surface area contributed by atoms with Crippen LogP contribution in [0.1, 0.15) is 57.2 Å². The number of benzene rings is 3. The Kier molecular flexibility index (Phi) is 8.11. The van der Waals surface area contributed by atoms with E-state index >= 15 is 0 Å². The minimum atomic E-state index is -0.688. The number of carbonyl (C=O) groups is 1. The first-order valence-corrected chi connectivity index (χ1v) is 12.0. The van der Waals surface area contributed by atoms with Gasteiger partial charge in [0, 0.05) is 35.6 Å². The van der Waals surface area contributed by atoms with Crippen molar-refractivity contribution in [2.45, 2.75) is 47.0 Å². The van der Waals surface area contributed by atoms with Gasteiger partial charge in [0.15, 0.2) is 0 Å². The zero-order valence-corrected chi connectivity index (χ0v) is 21.3. The summed E-state index contributed by atoms with van der Waals surface area (Å²) in [4.78, 5) is 13.4. The predicted molar refractivity (Wildman–Crippen MR) is 143 cm³/mol. The molecular formula is C30H36FN3O. The van der Waals surface area contributed by atoms with Crippen LogP contribution in [-0.2, 0) is 11.2 Å². The predicted octanol–water partition coefficient (Wildman–Crippen LogP) is 7.08. The zero-order chi connectivity index (χ0) is 25.6. The fourth-order valence-electron chi connectivity index (χ4n) is 4.09. The summed E-state index contributed by atoms with van der Waals surface area (Å²) < 4.78 is 13.3. The number of hydrogen-bond donors (Lipinski definition) is 3. The maximum absolute atomic E-state index is 13.4. The van der Waals surface area contributed by atoms with Crippen LogP contribution in [0, 0.1) is 22.1 Å². The van der Waals surface area contributed by atoms with Crippen LogP contribution in [-0.4, -0.2) is 18.7 Å². The van der Waals surface area contributed by atoms with Gasteiger partial charge in [-0.05, 0) is 59.4 Å². The summed E-state index contributed by atoms with van der Waals surface area (Å²) in [5.41, 5.74) is 3.64. The number of hydrogen-bond acceptors (Lipinski definition) is 3. The summed E-state index contributed by atoms with van der Waals surface area (Å²) in [6.45, 7) is 10.9.